The fraction of sp³-hybridized carbons (Fsp3) is 0.333. The summed E-state index contributed by atoms with van der Waals surface area (Å²) in [7, 11) is 3.02. The summed E-state index contributed by atoms with van der Waals surface area (Å²) in [6.45, 7) is 2.39. The number of fused-ring (bicyclic) bond motifs is 1. The molecule has 0 amide bonds. The van der Waals surface area contributed by atoms with Crippen molar-refractivity contribution in [2.45, 2.75) is 24.4 Å². The molecular formula is C15H16N4O4S. The smallest absolute Gasteiger partial charge is 0.373 e. The number of hydrogen-bond donors (Lipinski definition) is 0. The van der Waals surface area contributed by atoms with Gasteiger partial charge in [0.25, 0.3) is 5.56 Å². The molecule has 3 aromatic rings. The van der Waals surface area contributed by atoms with E-state index in [2.05, 4.69) is 14.8 Å². The van der Waals surface area contributed by atoms with Gasteiger partial charge in [0.1, 0.15) is 11.3 Å². The van der Waals surface area contributed by atoms with Crippen molar-refractivity contribution in [2.75, 3.05) is 7.11 Å². The number of carbonyl (C=O) groups is 1. The van der Waals surface area contributed by atoms with Crippen LogP contribution in [0.2, 0.25) is 0 Å². The maximum Gasteiger partial charge on any atom is 0.373 e. The average molecular weight is 348 g/mol. The Morgan fingerprint density at radius 2 is 2.21 bits per heavy atom. The summed E-state index contributed by atoms with van der Waals surface area (Å²) >= 11 is 1.36. The van der Waals surface area contributed by atoms with Crippen molar-refractivity contribution in [1.29, 1.82) is 0 Å². The molecule has 0 saturated heterocycles. The quantitative estimate of drug-likeness (QED) is 0.394. The molecule has 0 aromatic carbocycles. The Labute approximate surface area is 141 Å². The molecule has 8 nitrogen and oxygen atoms in total. The monoisotopic (exact) mass is 348 g/mol. The van der Waals surface area contributed by atoms with Crippen LogP contribution in [0.4, 0.5) is 0 Å². The molecule has 0 N–H and O–H groups in total. The maximum atomic E-state index is 12.6. The zero-order valence-electron chi connectivity index (χ0n) is 13.5. The standard InChI is InChI=1S/C15H16N4O4S/c1-4-19-13(20)12-10(7-16-18(12)2)17-15(19)24-8-9-5-6-11(23-9)14(21)22-3/h5-7H,4,8H2,1-3H3. The Kier molecular flexibility index (Phi) is 4.43. The first-order valence-electron chi connectivity index (χ1n) is 7.27. The number of carbonyl (C=O) groups excluding carboxylic acids is 1. The van der Waals surface area contributed by atoms with Crippen LogP contribution in [-0.4, -0.2) is 32.4 Å². The number of methoxy groups -OCH3 is 1. The Bertz CT molecular complexity index is 956. The summed E-state index contributed by atoms with van der Waals surface area (Å²) in [5.41, 5.74) is 0.913. The maximum absolute atomic E-state index is 12.6. The molecular weight excluding hydrogens is 332 g/mol. The lowest BCUT2D eigenvalue weighted by Crippen LogP contribution is -2.23. The van der Waals surface area contributed by atoms with Gasteiger partial charge < -0.3 is 9.15 Å². The van der Waals surface area contributed by atoms with E-state index < -0.39 is 5.97 Å². The largest absolute Gasteiger partial charge is 0.463 e. The van der Waals surface area contributed by atoms with Gasteiger partial charge in [0.05, 0.1) is 19.1 Å². The Hall–Kier alpha value is -2.55. The predicted octanol–water partition coefficient (Wildman–Crippen LogP) is 1.82. The summed E-state index contributed by atoms with van der Waals surface area (Å²) in [5.74, 6) is 0.668. The number of furan rings is 1. The predicted molar refractivity (Wildman–Crippen MR) is 88.1 cm³/mol. The number of thioether (sulfide) groups is 1. The van der Waals surface area contributed by atoms with Gasteiger partial charge in [0, 0.05) is 13.6 Å². The summed E-state index contributed by atoms with van der Waals surface area (Å²) in [5, 5.41) is 4.67. The first-order chi connectivity index (χ1) is 11.5. The SMILES string of the molecule is CCn1c(SCc2ccc(C(=O)OC)o2)nc2cnn(C)c2c1=O. The van der Waals surface area contributed by atoms with Crippen LogP contribution in [0.5, 0.6) is 0 Å². The van der Waals surface area contributed by atoms with Crippen LogP contribution < -0.4 is 5.56 Å². The molecule has 3 aromatic heterocycles. The van der Waals surface area contributed by atoms with Gasteiger partial charge in [0.2, 0.25) is 5.76 Å². The highest BCUT2D eigenvalue weighted by Gasteiger charge is 2.15. The van der Waals surface area contributed by atoms with Gasteiger partial charge in [-0.05, 0) is 19.1 Å². The molecule has 3 heterocycles. The average Bonchev–Trinajstić information content (AvgIpc) is 3.19. The lowest BCUT2D eigenvalue weighted by atomic mass is 10.4. The van der Waals surface area contributed by atoms with Crippen molar-refractivity contribution in [3.05, 3.63) is 40.2 Å². The molecule has 0 saturated carbocycles. The topological polar surface area (TPSA) is 92.2 Å². The molecule has 0 aliphatic rings. The van der Waals surface area contributed by atoms with E-state index in [0.29, 0.717) is 34.2 Å². The number of aromatic nitrogens is 4. The third kappa shape index (κ3) is 2.82. The van der Waals surface area contributed by atoms with Gasteiger partial charge >= 0.3 is 5.97 Å². The summed E-state index contributed by atoms with van der Waals surface area (Å²) in [6.07, 6.45) is 1.57. The van der Waals surface area contributed by atoms with Gasteiger partial charge in [-0.1, -0.05) is 11.8 Å². The van der Waals surface area contributed by atoms with Gasteiger partial charge in [-0.2, -0.15) is 5.10 Å². The Morgan fingerprint density at radius 1 is 1.42 bits per heavy atom. The number of esters is 1. The third-order valence-electron chi connectivity index (χ3n) is 3.52. The van der Waals surface area contributed by atoms with Crippen molar-refractivity contribution in [3.63, 3.8) is 0 Å². The molecule has 0 bridgehead atoms. The molecule has 9 heteroatoms. The second-order valence-electron chi connectivity index (χ2n) is 4.99. The second-order valence-corrected chi connectivity index (χ2v) is 5.93. The molecule has 24 heavy (non-hydrogen) atoms. The van der Waals surface area contributed by atoms with Crippen LogP contribution in [0.1, 0.15) is 23.2 Å². The summed E-state index contributed by atoms with van der Waals surface area (Å²) in [6, 6.07) is 3.27. The molecule has 0 aliphatic heterocycles. The number of hydrogen-bond acceptors (Lipinski definition) is 7. The number of rotatable bonds is 5. The highest BCUT2D eigenvalue weighted by atomic mass is 32.2. The zero-order valence-corrected chi connectivity index (χ0v) is 14.3. The van der Waals surface area contributed by atoms with Crippen molar-refractivity contribution < 1.29 is 13.9 Å². The van der Waals surface area contributed by atoms with E-state index in [-0.39, 0.29) is 11.3 Å². The highest BCUT2D eigenvalue weighted by Crippen LogP contribution is 2.23. The minimum atomic E-state index is -0.522. The van der Waals surface area contributed by atoms with E-state index >= 15 is 0 Å². The first-order valence-corrected chi connectivity index (χ1v) is 8.26. The molecule has 126 valence electrons. The lowest BCUT2D eigenvalue weighted by molar-refractivity contribution is 0.0563. The second kappa shape index (κ2) is 6.52. The fourth-order valence-electron chi connectivity index (χ4n) is 2.32. The van der Waals surface area contributed by atoms with Crippen molar-refractivity contribution in [3.8, 4) is 0 Å². The van der Waals surface area contributed by atoms with Crippen molar-refractivity contribution >= 4 is 28.8 Å². The first kappa shape index (κ1) is 16.3. The minimum absolute atomic E-state index is 0.125. The Balaban J connectivity index is 1.88. The summed E-state index contributed by atoms with van der Waals surface area (Å²) in [4.78, 5) is 28.5. The molecule has 0 unspecified atom stereocenters. The van der Waals surface area contributed by atoms with Crippen molar-refractivity contribution in [1.82, 2.24) is 19.3 Å². The van der Waals surface area contributed by atoms with E-state index in [9.17, 15) is 9.59 Å². The van der Waals surface area contributed by atoms with Crippen LogP contribution in [0.15, 0.2) is 32.7 Å². The van der Waals surface area contributed by atoms with Crippen LogP contribution >= 0.6 is 11.8 Å². The van der Waals surface area contributed by atoms with E-state index in [4.69, 9.17) is 4.42 Å². The van der Waals surface area contributed by atoms with Gasteiger partial charge in [-0.25, -0.2) is 9.78 Å². The molecule has 0 spiro atoms. The number of nitrogens with zero attached hydrogens (tertiary/aromatic N) is 4. The Morgan fingerprint density at radius 3 is 2.92 bits per heavy atom. The lowest BCUT2D eigenvalue weighted by Gasteiger charge is -2.09. The normalized spacial score (nSPS) is 11.1. The van der Waals surface area contributed by atoms with Crippen molar-refractivity contribution in [2.24, 2.45) is 7.05 Å². The van der Waals surface area contributed by atoms with Crippen LogP contribution in [0.25, 0.3) is 11.0 Å². The molecule has 3 rings (SSSR count). The van der Waals surface area contributed by atoms with E-state index in [1.807, 2.05) is 6.92 Å². The fourth-order valence-corrected chi connectivity index (χ4v) is 3.28. The zero-order chi connectivity index (χ0) is 17.3. The summed E-state index contributed by atoms with van der Waals surface area (Å²) < 4.78 is 13.2. The van der Waals surface area contributed by atoms with Gasteiger partial charge in [0.15, 0.2) is 10.7 Å². The third-order valence-corrected chi connectivity index (χ3v) is 4.52. The molecule has 0 radical (unpaired) electrons. The van der Waals surface area contributed by atoms with E-state index in [0.717, 1.165) is 0 Å². The molecule has 0 atom stereocenters. The van der Waals surface area contributed by atoms with Crippen LogP contribution in [0.3, 0.4) is 0 Å². The molecule has 0 aliphatic carbocycles. The van der Waals surface area contributed by atoms with Gasteiger partial charge in [-0.15, -0.1) is 0 Å². The number of aryl methyl sites for hydroxylation is 1. The number of ether oxygens (including phenoxy) is 1. The van der Waals surface area contributed by atoms with E-state index in [1.54, 1.807) is 29.9 Å². The van der Waals surface area contributed by atoms with Gasteiger partial charge in [-0.3, -0.25) is 14.0 Å². The van der Waals surface area contributed by atoms with Crippen LogP contribution in [0, 0.1) is 0 Å². The van der Waals surface area contributed by atoms with E-state index in [1.165, 1.54) is 23.6 Å². The minimum Gasteiger partial charge on any atom is -0.463 e. The van der Waals surface area contributed by atoms with Crippen LogP contribution in [-0.2, 0) is 24.1 Å². The highest BCUT2D eigenvalue weighted by molar-refractivity contribution is 7.98. The molecule has 0 fully saturated rings.